The Morgan fingerprint density at radius 1 is 1.28 bits per heavy atom. The lowest BCUT2D eigenvalue weighted by molar-refractivity contribution is 0.0668. The van der Waals surface area contributed by atoms with E-state index in [0.717, 1.165) is 36.2 Å². The van der Waals surface area contributed by atoms with Crippen molar-refractivity contribution in [2.24, 2.45) is 13.0 Å². The van der Waals surface area contributed by atoms with Crippen molar-refractivity contribution >= 4 is 17.1 Å². The molecular formula is C21H26N6O2. The normalized spacial score (nSPS) is 19.8. The number of amides is 1. The second-order valence-corrected chi connectivity index (χ2v) is 8.39. The van der Waals surface area contributed by atoms with Crippen LogP contribution in [0, 0.1) is 12.8 Å². The number of nitrogens with zero attached hydrogens (tertiary/aromatic N) is 6. The number of rotatable bonds is 4. The molecule has 1 aliphatic heterocycles. The van der Waals surface area contributed by atoms with Gasteiger partial charge in [0.1, 0.15) is 5.69 Å². The summed E-state index contributed by atoms with van der Waals surface area (Å²) < 4.78 is 5.34. The van der Waals surface area contributed by atoms with Crippen LogP contribution in [0.3, 0.4) is 0 Å². The van der Waals surface area contributed by atoms with E-state index in [2.05, 4.69) is 10.1 Å². The second kappa shape index (κ2) is 6.86. The van der Waals surface area contributed by atoms with Crippen molar-refractivity contribution in [1.82, 2.24) is 28.8 Å². The summed E-state index contributed by atoms with van der Waals surface area (Å²) in [5.74, 6) is 0.574. The van der Waals surface area contributed by atoms with E-state index in [0.29, 0.717) is 24.7 Å². The van der Waals surface area contributed by atoms with Crippen LogP contribution < -0.4 is 5.69 Å². The first-order valence-electron chi connectivity index (χ1n) is 10.4. The summed E-state index contributed by atoms with van der Waals surface area (Å²) >= 11 is 0. The summed E-state index contributed by atoms with van der Waals surface area (Å²) in [6.07, 6.45) is 5.85. The number of pyridine rings is 1. The minimum Gasteiger partial charge on any atom is -0.335 e. The van der Waals surface area contributed by atoms with Crippen molar-refractivity contribution in [1.29, 1.82) is 0 Å². The van der Waals surface area contributed by atoms with Gasteiger partial charge in [-0.15, -0.1) is 0 Å². The number of aryl methyl sites for hydroxylation is 2. The SMILES string of the molecule is Cc1cc(C(=O)N2CCC[C@H](n3c(=O)n(CC4CC4)c4cccnc43)C2)n(C)n1. The van der Waals surface area contributed by atoms with E-state index in [9.17, 15) is 9.59 Å². The van der Waals surface area contributed by atoms with E-state index >= 15 is 0 Å². The van der Waals surface area contributed by atoms with Crippen LogP contribution >= 0.6 is 0 Å². The Morgan fingerprint density at radius 2 is 2.10 bits per heavy atom. The summed E-state index contributed by atoms with van der Waals surface area (Å²) in [6.45, 7) is 3.86. The first-order chi connectivity index (χ1) is 14.0. The molecule has 1 saturated heterocycles. The van der Waals surface area contributed by atoms with Gasteiger partial charge >= 0.3 is 5.69 Å². The summed E-state index contributed by atoms with van der Waals surface area (Å²) in [4.78, 5) is 32.8. The summed E-state index contributed by atoms with van der Waals surface area (Å²) in [6, 6.07) is 5.62. The first kappa shape index (κ1) is 18.1. The zero-order valence-corrected chi connectivity index (χ0v) is 16.9. The molecule has 1 amide bonds. The van der Waals surface area contributed by atoms with Crippen LogP contribution in [-0.2, 0) is 13.6 Å². The summed E-state index contributed by atoms with van der Waals surface area (Å²) in [7, 11) is 1.79. The molecule has 5 rings (SSSR count). The molecule has 1 saturated carbocycles. The maximum absolute atomic E-state index is 13.3. The van der Waals surface area contributed by atoms with Gasteiger partial charge in [0.15, 0.2) is 5.65 Å². The predicted octanol–water partition coefficient (Wildman–Crippen LogP) is 2.13. The Kier molecular flexibility index (Phi) is 4.29. The Morgan fingerprint density at radius 3 is 2.83 bits per heavy atom. The van der Waals surface area contributed by atoms with E-state index in [-0.39, 0.29) is 17.6 Å². The first-order valence-corrected chi connectivity index (χ1v) is 10.4. The Hall–Kier alpha value is -2.90. The summed E-state index contributed by atoms with van der Waals surface area (Å²) in [5.41, 5.74) is 3.04. The number of imidazole rings is 1. The van der Waals surface area contributed by atoms with E-state index in [1.165, 1.54) is 12.8 Å². The lowest BCUT2D eigenvalue weighted by Crippen LogP contribution is -2.43. The van der Waals surface area contributed by atoms with Gasteiger partial charge in [0.05, 0.1) is 17.3 Å². The molecule has 0 spiro atoms. The van der Waals surface area contributed by atoms with Gasteiger partial charge in [-0.3, -0.25) is 18.6 Å². The molecule has 0 bridgehead atoms. The molecule has 152 valence electrons. The standard InChI is InChI=1S/C21H26N6O2/c1-14-11-18(24(2)23-14)20(28)25-10-4-5-16(13-25)27-19-17(6-3-9-22-19)26(21(27)29)12-15-7-8-15/h3,6,9,11,15-16H,4-5,7-8,10,12-13H2,1-2H3/t16-/m0/s1. The molecule has 2 aliphatic rings. The zero-order chi connectivity index (χ0) is 20.1. The van der Waals surface area contributed by atoms with E-state index < -0.39 is 0 Å². The fourth-order valence-electron chi connectivity index (χ4n) is 4.50. The Balaban J connectivity index is 1.49. The molecular weight excluding hydrogens is 368 g/mol. The van der Waals surface area contributed by atoms with Gasteiger partial charge in [-0.25, -0.2) is 9.78 Å². The molecule has 0 aromatic carbocycles. The van der Waals surface area contributed by atoms with Gasteiger partial charge in [-0.05, 0) is 56.7 Å². The third kappa shape index (κ3) is 3.16. The highest BCUT2D eigenvalue weighted by Crippen LogP contribution is 2.32. The molecule has 3 aromatic rings. The average molecular weight is 394 g/mol. The van der Waals surface area contributed by atoms with E-state index in [4.69, 9.17) is 0 Å². The van der Waals surface area contributed by atoms with Crippen molar-refractivity contribution in [2.45, 2.75) is 45.2 Å². The maximum atomic E-state index is 13.3. The van der Waals surface area contributed by atoms with Crippen molar-refractivity contribution in [3.05, 3.63) is 46.3 Å². The topological polar surface area (TPSA) is 78.0 Å². The molecule has 1 aliphatic carbocycles. The van der Waals surface area contributed by atoms with Crippen LogP contribution in [0.5, 0.6) is 0 Å². The van der Waals surface area contributed by atoms with E-state index in [1.54, 1.807) is 17.9 Å². The number of likely N-dealkylation sites (tertiary alicyclic amines) is 1. The van der Waals surface area contributed by atoms with Crippen molar-refractivity contribution in [3.8, 4) is 0 Å². The molecule has 1 atom stereocenters. The molecule has 2 fully saturated rings. The highest BCUT2D eigenvalue weighted by atomic mass is 16.2. The number of carbonyl (C=O) groups is 1. The van der Waals surface area contributed by atoms with Crippen molar-refractivity contribution < 1.29 is 4.79 Å². The Bertz CT molecular complexity index is 1140. The van der Waals surface area contributed by atoms with Crippen LogP contribution in [0.15, 0.2) is 29.2 Å². The van der Waals surface area contributed by atoms with Crippen LogP contribution in [0.4, 0.5) is 0 Å². The molecule has 3 aromatic heterocycles. The monoisotopic (exact) mass is 394 g/mol. The van der Waals surface area contributed by atoms with Crippen LogP contribution in [-0.4, -0.2) is 47.8 Å². The number of hydrogen-bond donors (Lipinski definition) is 0. The molecule has 8 heteroatoms. The lowest BCUT2D eigenvalue weighted by atomic mass is 10.0. The third-order valence-electron chi connectivity index (χ3n) is 6.13. The molecule has 4 heterocycles. The van der Waals surface area contributed by atoms with Gasteiger partial charge < -0.3 is 4.90 Å². The van der Waals surface area contributed by atoms with Gasteiger partial charge in [-0.2, -0.15) is 5.10 Å². The van der Waals surface area contributed by atoms with Crippen LogP contribution in [0.1, 0.15) is 47.9 Å². The Labute approximate surface area is 168 Å². The fraction of sp³-hybridized carbons (Fsp3) is 0.524. The van der Waals surface area contributed by atoms with Crippen molar-refractivity contribution in [2.75, 3.05) is 13.1 Å². The molecule has 29 heavy (non-hydrogen) atoms. The zero-order valence-electron chi connectivity index (χ0n) is 16.9. The minimum absolute atomic E-state index is 0.00118. The molecule has 0 N–H and O–H groups in total. The smallest absolute Gasteiger partial charge is 0.330 e. The lowest BCUT2D eigenvalue weighted by Gasteiger charge is -2.33. The van der Waals surface area contributed by atoms with E-state index in [1.807, 2.05) is 39.2 Å². The highest BCUT2D eigenvalue weighted by Gasteiger charge is 2.31. The average Bonchev–Trinajstić information content (AvgIpc) is 3.42. The van der Waals surface area contributed by atoms with Crippen LogP contribution in [0.2, 0.25) is 0 Å². The fourth-order valence-corrected chi connectivity index (χ4v) is 4.50. The quantitative estimate of drug-likeness (QED) is 0.679. The van der Waals surface area contributed by atoms with Crippen LogP contribution in [0.25, 0.3) is 11.2 Å². The number of carbonyl (C=O) groups excluding carboxylic acids is 1. The van der Waals surface area contributed by atoms with Gasteiger partial charge in [0.2, 0.25) is 0 Å². The largest absolute Gasteiger partial charge is 0.335 e. The van der Waals surface area contributed by atoms with Gasteiger partial charge in [0, 0.05) is 32.9 Å². The number of aromatic nitrogens is 5. The number of piperidine rings is 1. The van der Waals surface area contributed by atoms with Gasteiger partial charge in [-0.1, -0.05) is 0 Å². The maximum Gasteiger partial charge on any atom is 0.330 e. The molecule has 0 radical (unpaired) electrons. The number of fused-ring (bicyclic) bond motifs is 1. The highest BCUT2D eigenvalue weighted by molar-refractivity contribution is 5.92. The van der Waals surface area contributed by atoms with Gasteiger partial charge in [0.25, 0.3) is 5.91 Å². The molecule has 8 nitrogen and oxygen atoms in total. The third-order valence-corrected chi connectivity index (χ3v) is 6.13. The number of hydrogen-bond acceptors (Lipinski definition) is 4. The van der Waals surface area contributed by atoms with Crippen molar-refractivity contribution in [3.63, 3.8) is 0 Å². The second-order valence-electron chi connectivity index (χ2n) is 8.39. The summed E-state index contributed by atoms with van der Waals surface area (Å²) in [5, 5.41) is 4.30. The predicted molar refractivity (Wildman–Crippen MR) is 109 cm³/mol. The molecule has 0 unspecified atom stereocenters. The minimum atomic E-state index is -0.0626.